The van der Waals surface area contributed by atoms with Crippen molar-refractivity contribution in [3.8, 4) is 0 Å². The van der Waals surface area contributed by atoms with Gasteiger partial charge < -0.3 is 4.98 Å². The molecule has 1 unspecified atom stereocenters. The molecule has 2 aromatic rings. The molecule has 2 aromatic heterocycles. The first-order chi connectivity index (χ1) is 7.75. The summed E-state index contributed by atoms with van der Waals surface area (Å²) in [6.45, 7) is 2.17. The van der Waals surface area contributed by atoms with Crippen LogP contribution in [0.4, 0.5) is 0 Å². The third-order valence-corrected chi connectivity index (χ3v) is 3.02. The largest absolute Gasteiger partial charge is 0.362 e. The van der Waals surface area contributed by atoms with Gasteiger partial charge in [-0.05, 0) is 36.1 Å². The molecule has 1 atom stereocenters. The Kier molecular flexibility index (Phi) is 1.89. The van der Waals surface area contributed by atoms with Gasteiger partial charge in [0.25, 0.3) is 5.56 Å². The maximum absolute atomic E-state index is 11.7. The van der Waals surface area contributed by atoms with Gasteiger partial charge in [0, 0.05) is 11.9 Å². The van der Waals surface area contributed by atoms with Crippen molar-refractivity contribution >= 4 is 11.6 Å². The predicted molar refractivity (Wildman–Crippen MR) is 62.2 cm³/mol. The molecule has 0 aromatic carbocycles. The number of aromatic amines is 3. The first-order valence-electron chi connectivity index (χ1n) is 5.40. The molecule has 4 nitrogen and oxygen atoms in total. The van der Waals surface area contributed by atoms with Gasteiger partial charge in [-0.3, -0.25) is 15.0 Å². The monoisotopic (exact) mass is 215 g/mol. The molecule has 0 aliphatic heterocycles. The number of H-pyrrole nitrogens is 3. The maximum Gasteiger partial charge on any atom is 0.271 e. The first kappa shape index (κ1) is 9.27. The van der Waals surface area contributed by atoms with Crippen LogP contribution in [0.3, 0.4) is 0 Å². The number of aromatic nitrogens is 3. The highest BCUT2D eigenvalue weighted by atomic mass is 16.1. The van der Waals surface area contributed by atoms with Crippen LogP contribution in [0, 0.1) is 5.92 Å². The smallest absolute Gasteiger partial charge is 0.271 e. The van der Waals surface area contributed by atoms with E-state index in [0.29, 0.717) is 5.92 Å². The summed E-state index contributed by atoms with van der Waals surface area (Å²) in [5.41, 5.74) is 2.22. The van der Waals surface area contributed by atoms with Crippen molar-refractivity contribution in [3.63, 3.8) is 0 Å². The van der Waals surface area contributed by atoms with Crippen molar-refractivity contribution in [2.24, 2.45) is 5.92 Å². The highest BCUT2D eigenvalue weighted by Crippen LogP contribution is 2.36. The van der Waals surface area contributed by atoms with Gasteiger partial charge in [-0.2, -0.15) is 0 Å². The third kappa shape index (κ3) is 1.43. The average Bonchev–Trinajstić information content (AvgIpc) is 2.69. The van der Waals surface area contributed by atoms with E-state index in [9.17, 15) is 4.79 Å². The quantitative estimate of drug-likeness (QED) is 0.618. The van der Waals surface area contributed by atoms with E-state index in [0.717, 1.165) is 22.7 Å². The molecule has 1 aliphatic rings. The SMILES string of the molecule is CC1CC1=c1[nH][nH]c(=O)c1=Cc1ccc[nH]1. The lowest BCUT2D eigenvalue weighted by Gasteiger charge is -1.82. The highest BCUT2D eigenvalue weighted by molar-refractivity contribution is 5.61. The molecule has 0 spiro atoms. The Balaban J connectivity index is 2.30. The van der Waals surface area contributed by atoms with E-state index in [1.54, 1.807) is 0 Å². The van der Waals surface area contributed by atoms with Gasteiger partial charge in [0.1, 0.15) is 0 Å². The summed E-state index contributed by atoms with van der Waals surface area (Å²) >= 11 is 0. The van der Waals surface area contributed by atoms with Gasteiger partial charge in [0.2, 0.25) is 0 Å². The van der Waals surface area contributed by atoms with Crippen LogP contribution >= 0.6 is 0 Å². The summed E-state index contributed by atoms with van der Waals surface area (Å²) in [5.74, 6) is 0.599. The van der Waals surface area contributed by atoms with Gasteiger partial charge in [-0.1, -0.05) is 6.92 Å². The zero-order valence-electron chi connectivity index (χ0n) is 9.00. The van der Waals surface area contributed by atoms with E-state index in [-0.39, 0.29) is 5.56 Å². The van der Waals surface area contributed by atoms with Gasteiger partial charge in [-0.15, -0.1) is 0 Å². The van der Waals surface area contributed by atoms with Crippen LogP contribution in [0.25, 0.3) is 11.6 Å². The number of hydrogen-bond donors (Lipinski definition) is 3. The zero-order chi connectivity index (χ0) is 11.1. The summed E-state index contributed by atoms with van der Waals surface area (Å²) < 4.78 is 0. The fourth-order valence-corrected chi connectivity index (χ4v) is 1.97. The van der Waals surface area contributed by atoms with Gasteiger partial charge in [0.05, 0.1) is 10.6 Å². The molecule has 1 aliphatic carbocycles. The topological polar surface area (TPSA) is 64.4 Å². The molecule has 1 saturated carbocycles. The van der Waals surface area contributed by atoms with Gasteiger partial charge >= 0.3 is 0 Å². The summed E-state index contributed by atoms with van der Waals surface area (Å²) in [6, 6.07) is 3.86. The van der Waals surface area contributed by atoms with E-state index in [2.05, 4.69) is 22.1 Å². The Morgan fingerprint density at radius 2 is 2.25 bits per heavy atom. The van der Waals surface area contributed by atoms with Crippen LogP contribution in [0.5, 0.6) is 0 Å². The van der Waals surface area contributed by atoms with Crippen molar-refractivity contribution in [2.75, 3.05) is 0 Å². The maximum atomic E-state index is 11.7. The molecule has 3 N–H and O–H groups in total. The molecule has 1 fully saturated rings. The molecule has 82 valence electrons. The Hall–Kier alpha value is -1.97. The van der Waals surface area contributed by atoms with Crippen molar-refractivity contribution < 1.29 is 0 Å². The molecule has 0 bridgehead atoms. The molecule has 16 heavy (non-hydrogen) atoms. The Morgan fingerprint density at radius 3 is 2.88 bits per heavy atom. The normalized spacial score (nSPS) is 23.8. The predicted octanol–water partition coefficient (Wildman–Crippen LogP) is 0.0504. The van der Waals surface area contributed by atoms with Crippen LogP contribution in [0.15, 0.2) is 23.1 Å². The molecule has 0 amide bonds. The minimum atomic E-state index is -0.0591. The summed E-state index contributed by atoms with van der Waals surface area (Å²) in [6.07, 6.45) is 4.81. The molecule has 3 rings (SSSR count). The third-order valence-electron chi connectivity index (χ3n) is 3.02. The minimum Gasteiger partial charge on any atom is -0.362 e. The van der Waals surface area contributed by atoms with E-state index < -0.39 is 0 Å². The lowest BCUT2D eigenvalue weighted by atomic mass is 10.3. The first-order valence-corrected chi connectivity index (χ1v) is 5.40. The average molecular weight is 215 g/mol. The van der Waals surface area contributed by atoms with Crippen LogP contribution in [-0.4, -0.2) is 15.2 Å². The Bertz CT molecular complexity index is 673. The number of nitrogens with one attached hydrogen (secondary N) is 3. The standard InChI is InChI=1S/C12H13N3O/c1-7-5-9(7)11-10(12(16)15-14-11)6-8-3-2-4-13-8/h2-4,6-7,13-14H,5H2,1H3,(H,15,16). The van der Waals surface area contributed by atoms with Crippen molar-refractivity contribution in [3.05, 3.63) is 44.9 Å². The van der Waals surface area contributed by atoms with E-state index in [1.807, 2.05) is 24.4 Å². The summed E-state index contributed by atoms with van der Waals surface area (Å²) in [4.78, 5) is 14.7. The molecule has 2 heterocycles. The fraction of sp³-hybridized carbons (Fsp3) is 0.250. The molecule has 4 heteroatoms. The van der Waals surface area contributed by atoms with Crippen LogP contribution in [-0.2, 0) is 0 Å². The molecule has 0 saturated heterocycles. The number of hydrogen-bond acceptors (Lipinski definition) is 1. The van der Waals surface area contributed by atoms with Gasteiger partial charge in [-0.25, -0.2) is 0 Å². The van der Waals surface area contributed by atoms with Gasteiger partial charge in [0.15, 0.2) is 0 Å². The zero-order valence-corrected chi connectivity index (χ0v) is 9.00. The second kappa shape index (κ2) is 3.27. The molecular formula is C12H13N3O. The van der Waals surface area contributed by atoms with Crippen LogP contribution < -0.4 is 16.1 Å². The lowest BCUT2D eigenvalue weighted by Crippen LogP contribution is -2.33. The Labute approximate surface area is 91.7 Å². The van der Waals surface area contributed by atoms with Crippen LogP contribution in [0.1, 0.15) is 19.0 Å². The highest BCUT2D eigenvalue weighted by Gasteiger charge is 2.26. The van der Waals surface area contributed by atoms with Crippen molar-refractivity contribution in [1.29, 1.82) is 0 Å². The minimum absolute atomic E-state index is 0.0591. The lowest BCUT2D eigenvalue weighted by molar-refractivity contribution is 1.01. The molecule has 0 radical (unpaired) electrons. The van der Waals surface area contributed by atoms with E-state index in [1.165, 1.54) is 5.57 Å². The second-order valence-electron chi connectivity index (χ2n) is 4.27. The second-order valence-corrected chi connectivity index (χ2v) is 4.27. The molecular weight excluding hydrogens is 202 g/mol. The van der Waals surface area contributed by atoms with Crippen molar-refractivity contribution in [1.82, 2.24) is 15.2 Å². The number of rotatable bonds is 1. The fourth-order valence-electron chi connectivity index (χ4n) is 1.97. The van der Waals surface area contributed by atoms with E-state index >= 15 is 0 Å². The van der Waals surface area contributed by atoms with Crippen LogP contribution in [0.2, 0.25) is 0 Å². The summed E-state index contributed by atoms with van der Waals surface area (Å²) in [5, 5.41) is 7.29. The van der Waals surface area contributed by atoms with E-state index in [4.69, 9.17) is 0 Å². The van der Waals surface area contributed by atoms with Crippen molar-refractivity contribution in [2.45, 2.75) is 13.3 Å². The summed E-state index contributed by atoms with van der Waals surface area (Å²) in [7, 11) is 0. The Morgan fingerprint density at radius 1 is 1.44 bits per heavy atom.